The van der Waals surface area contributed by atoms with Gasteiger partial charge in [0.15, 0.2) is 0 Å². The second-order valence-electron chi connectivity index (χ2n) is 5.46. The third-order valence-electron chi connectivity index (χ3n) is 3.51. The Balaban J connectivity index is 2.01. The lowest BCUT2D eigenvalue weighted by Crippen LogP contribution is -2.49. The third kappa shape index (κ3) is 4.98. The molecule has 1 aromatic rings. The maximum absolute atomic E-state index is 13.9. The van der Waals surface area contributed by atoms with E-state index >= 15 is 0 Å². The number of carboxylic acids is 1. The van der Waals surface area contributed by atoms with E-state index in [9.17, 15) is 14.0 Å². The van der Waals surface area contributed by atoms with Gasteiger partial charge in [-0.15, -0.1) is 0 Å². The van der Waals surface area contributed by atoms with Crippen LogP contribution >= 0.6 is 15.9 Å². The molecule has 1 amide bonds. The van der Waals surface area contributed by atoms with Gasteiger partial charge < -0.3 is 14.7 Å². The maximum atomic E-state index is 13.9. The van der Waals surface area contributed by atoms with Crippen molar-refractivity contribution in [1.82, 2.24) is 9.80 Å². The van der Waals surface area contributed by atoms with Gasteiger partial charge in [0.2, 0.25) is 0 Å². The van der Waals surface area contributed by atoms with Crippen LogP contribution in [0.4, 0.5) is 4.39 Å². The molecule has 0 radical (unpaired) electrons. The van der Waals surface area contributed by atoms with Crippen molar-refractivity contribution in [2.75, 3.05) is 39.8 Å². The predicted octanol–water partition coefficient (Wildman–Crippen LogP) is 1.45. The summed E-state index contributed by atoms with van der Waals surface area (Å²) in [6, 6.07) is 4.24. The molecule has 1 aliphatic heterocycles. The molecule has 1 atom stereocenters. The molecule has 1 aromatic carbocycles. The lowest BCUT2D eigenvalue weighted by atomic mass is 10.1. The minimum atomic E-state index is -0.924. The normalized spacial score (nSPS) is 18.3. The van der Waals surface area contributed by atoms with Crippen LogP contribution in [0.3, 0.4) is 0 Å². The summed E-state index contributed by atoms with van der Waals surface area (Å²) in [4.78, 5) is 26.3. The van der Waals surface area contributed by atoms with Crippen molar-refractivity contribution in [2.24, 2.45) is 0 Å². The molecular formula is C15H18BrFN2O4. The van der Waals surface area contributed by atoms with Crippen LogP contribution in [0.25, 0.3) is 0 Å². The summed E-state index contributed by atoms with van der Waals surface area (Å²) in [5.74, 6) is -1.88. The molecule has 1 saturated heterocycles. The Hall–Kier alpha value is -1.51. The molecule has 0 bridgehead atoms. The van der Waals surface area contributed by atoms with Crippen LogP contribution in [0.5, 0.6) is 0 Å². The number of halogens is 2. The number of hydrogen-bond donors (Lipinski definition) is 1. The standard InChI is InChI=1S/C15H18BrFN2O4/c1-18(9-14(20)21)7-11-8-19(4-5-23-11)15(22)12-6-10(16)2-3-13(12)17/h2-3,6,11H,4-5,7-9H2,1H3,(H,20,21)/t11-/m0/s1. The summed E-state index contributed by atoms with van der Waals surface area (Å²) in [5, 5.41) is 8.77. The monoisotopic (exact) mass is 388 g/mol. The number of rotatable bonds is 5. The summed E-state index contributed by atoms with van der Waals surface area (Å²) in [6.07, 6.45) is -0.299. The Labute approximate surface area is 141 Å². The van der Waals surface area contributed by atoms with Gasteiger partial charge in [0.05, 0.1) is 24.8 Å². The minimum Gasteiger partial charge on any atom is -0.480 e. The number of carboxylic acid groups (broad SMARTS) is 1. The second-order valence-corrected chi connectivity index (χ2v) is 6.37. The van der Waals surface area contributed by atoms with Crippen molar-refractivity contribution < 1.29 is 23.8 Å². The van der Waals surface area contributed by atoms with Crippen LogP contribution < -0.4 is 0 Å². The van der Waals surface area contributed by atoms with Crippen molar-refractivity contribution in [1.29, 1.82) is 0 Å². The number of amides is 1. The molecule has 0 spiro atoms. The predicted molar refractivity (Wildman–Crippen MR) is 84.9 cm³/mol. The highest BCUT2D eigenvalue weighted by Crippen LogP contribution is 2.19. The van der Waals surface area contributed by atoms with Gasteiger partial charge in [0, 0.05) is 24.1 Å². The molecule has 1 N–H and O–H groups in total. The molecule has 8 heteroatoms. The van der Waals surface area contributed by atoms with Crippen LogP contribution in [0.1, 0.15) is 10.4 Å². The Morgan fingerprint density at radius 1 is 1.52 bits per heavy atom. The summed E-state index contributed by atoms with van der Waals surface area (Å²) in [5.41, 5.74) is 0.0129. The molecule has 0 saturated carbocycles. The van der Waals surface area contributed by atoms with Crippen molar-refractivity contribution in [2.45, 2.75) is 6.10 Å². The Kier molecular flexibility index (Phi) is 6.09. The van der Waals surface area contributed by atoms with E-state index in [0.717, 1.165) is 0 Å². The van der Waals surface area contributed by atoms with E-state index in [-0.39, 0.29) is 18.2 Å². The average Bonchev–Trinajstić information content (AvgIpc) is 2.48. The molecule has 1 aliphatic rings. The number of morpholine rings is 1. The maximum Gasteiger partial charge on any atom is 0.317 e. The van der Waals surface area contributed by atoms with Gasteiger partial charge in [-0.25, -0.2) is 4.39 Å². The third-order valence-corrected chi connectivity index (χ3v) is 4.00. The molecule has 1 heterocycles. The number of likely N-dealkylation sites (N-methyl/N-ethyl adjacent to an activating group) is 1. The number of ether oxygens (including phenoxy) is 1. The summed E-state index contributed by atoms with van der Waals surface area (Å²) in [6.45, 7) is 1.30. The van der Waals surface area contributed by atoms with E-state index in [4.69, 9.17) is 9.84 Å². The van der Waals surface area contributed by atoms with Gasteiger partial charge in [0.1, 0.15) is 5.82 Å². The molecular weight excluding hydrogens is 371 g/mol. The van der Waals surface area contributed by atoms with Crippen LogP contribution in [0, 0.1) is 5.82 Å². The van der Waals surface area contributed by atoms with E-state index in [1.54, 1.807) is 11.9 Å². The van der Waals surface area contributed by atoms with Crippen LogP contribution in [-0.4, -0.2) is 72.7 Å². The molecule has 6 nitrogen and oxygen atoms in total. The van der Waals surface area contributed by atoms with Crippen molar-refractivity contribution >= 4 is 27.8 Å². The second kappa shape index (κ2) is 7.85. The van der Waals surface area contributed by atoms with Crippen LogP contribution in [-0.2, 0) is 9.53 Å². The highest BCUT2D eigenvalue weighted by atomic mass is 79.9. The van der Waals surface area contributed by atoms with E-state index < -0.39 is 17.7 Å². The molecule has 0 aromatic heterocycles. The zero-order valence-corrected chi connectivity index (χ0v) is 14.3. The molecule has 0 unspecified atom stereocenters. The first-order chi connectivity index (χ1) is 10.9. The zero-order valence-electron chi connectivity index (χ0n) is 12.7. The summed E-state index contributed by atoms with van der Waals surface area (Å²) >= 11 is 3.23. The van der Waals surface area contributed by atoms with Gasteiger partial charge in [-0.2, -0.15) is 0 Å². The lowest BCUT2D eigenvalue weighted by molar-refractivity contribution is -0.138. The van der Waals surface area contributed by atoms with E-state index in [2.05, 4.69) is 15.9 Å². The highest BCUT2D eigenvalue weighted by molar-refractivity contribution is 9.10. The molecule has 0 aliphatic carbocycles. The van der Waals surface area contributed by atoms with Gasteiger partial charge in [-0.05, 0) is 25.2 Å². The Morgan fingerprint density at radius 3 is 2.96 bits per heavy atom. The van der Waals surface area contributed by atoms with Crippen molar-refractivity contribution in [3.63, 3.8) is 0 Å². The average molecular weight is 389 g/mol. The lowest BCUT2D eigenvalue weighted by Gasteiger charge is -2.34. The van der Waals surface area contributed by atoms with Crippen molar-refractivity contribution in [3.8, 4) is 0 Å². The molecule has 1 fully saturated rings. The first-order valence-electron chi connectivity index (χ1n) is 7.13. The van der Waals surface area contributed by atoms with Crippen molar-refractivity contribution in [3.05, 3.63) is 34.1 Å². The van der Waals surface area contributed by atoms with E-state index in [0.29, 0.717) is 30.7 Å². The van der Waals surface area contributed by atoms with Gasteiger partial charge in [-0.3, -0.25) is 14.5 Å². The van der Waals surface area contributed by atoms with Crippen LogP contribution in [0.15, 0.2) is 22.7 Å². The first-order valence-corrected chi connectivity index (χ1v) is 7.92. The quantitative estimate of drug-likeness (QED) is 0.826. The Bertz CT molecular complexity index is 599. The molecule has 2 rings (SSSR count). The van der Waals surface area contributed by atoms with Gasteiger partial charge in [-0.1, -0.05) is 15.9 Å². The smallest absolute Gasteiger partial charge is 0.317 e. The van der Waals surface area contributed by atoms with Gasteiger partial charge in [0.25, 0.3) is 5.91 Å². The number of hydrogen-bond acceptors (Lipinski definition) is 4. The molecule has 126 valence electrons. The topological polar surface area (TPSA) is 70.1 Å². The number of aliphatic carboxylic acids is 1. The SMILES string of the molecule is CN(CC(=O)O)C[C@H]1CN(C(=O)c2cc(Br)ccc2F)CCO1. The fourth-order valence-corrected chi connectivity index (χ4v) is 2.85. The van der Waals surface area contributed by atoms with E-state index in [1.165, 1.54) is 23.1 Å². The minimum absolute atomic E-state index is 0.0129. The first kappa shape index (κ1) is 17.8. The van der Waals surface area contributed by atoms with Crippen LogP contribution in [0.2, 0.25) is 0 Å². The zero-order chi connectivity index (χ0) is 17.0. The van der Waals surface area contributed by atoms with E-state index in [1.807, 2.05) is 0 Å². The largest absolute Gasteiger partial charge is 0.480 e. The summed E-state index contributed by atoms with van der Waals surface area (Å²) < 4.78 is 20.1. The number of nitrogens with zero attached hydrogens (tertiary/aromatic N) is 2. The fourth-order valence-electron chi connectivity index (χ4n) is 2.49. The number of benzene rings is 1. The summed E-state index contributed by atoms with van der Waals surface area (Å²) in [7, 11) is 1.67. The highest BCUT2D eigenvalue weighted by Gasteiger charge is 2.27. The number of carbonyl (C=O) groups is 2. The molecule has 23 heavy (non-hydrogen) atoms. The number of carbonyl (C=O) groups excluding carboxylic acids is 1. The fraction of sp³-hybridized carbons (Fsp3) is 0.467. The Morgan fingerprint density at radius 2 is 2.26 bits per heavy atom. The van der Waals surface area contributed by atoms with Gasteiger partial charge >= 0.3 is 5.97 Å².